The summed E-state index contributed by atoms with van der Waals surface area (Å²) in [7, 11) is 1.95. The molecule has 3 nitrogen and oxygen atoms in total. The SMILES string of the molecule is CCCc1cc2cc(N3CCCCC3)ccc2nc1NC. The van der Waals surface area contributed by atoms with Crippen LogP contribution in [0.1, 0.15) is 38.2 Å². The lowest BCUT2D eigenvalue weighted by molar-refractivity contribution is 0.578. The molecule has 21 heavy (non-hydrogen) atoms. The first-order chi connectivity index (χ1) is 10.3. The second kappa shape index (κ2) is 6.33. The van der Waals surface area contributed by atoms with Crippen LogP contribution in [-0.4, -0.2) is 25.1 Å². The molecule has 0 bridgehead atoms. The number of nitrogens with one attached hydrogen (secondary N) is 1. The van der Waals surface area contributed by atoms with Gasteiger partial charge in [-0.1, -0.05) is 13.3 Å². The number of anilines is 2. The summed E-state index contributed by atoms with van der Waals surface area (Å²) in [5, 5.41) is 4.49. The summed E-state index contributed by atoms with van der Waals surface area (Å²) in [4.78, 5) is 7.28. The Hall–Kier alpha value is -1.77. The summed E-state index contributed by atoms with van der Waals surface area (Å²) in [6.45, 7) is 4.60. The van der Waals surface area contributed by atoms with Gasteiger partial charge in [0.05, 0.1) is 5.52 Å². The van der Waals surface area contributed by atoms with Crippen LogP contribution in [0.3, 0.4) is 0 Å². The molecule has 1 aliphatic heterocycles. The molecule has 0 unspecified atom stereocenters. The van der Waals surface area contributed by atoms with E-state index in [1.54, 1.807) is 0 Å². The second-order valence-electron chi connectivity index (χ2n) is 5.92. The summed E-state index contributed by atoms with van der Waals surface area (Å²) in [5.41, 5.74) is 3.76. The molecule has 2 heterocycles. The molecular formula is C18H25N3. The standard InChI is InChI=1S/C18H25N3/c1-3-7-14-12-15-13-16(21-10-5-4-6-11-21)8-9-17(15)20-18(14)19-2/h8-9,12-13H,3-7,10-11H2,1-2H3,(H,19,20). The van der Waals surface area contributed by atoms with E-state index >= 15 is 0 Å². The molecule has 1 saturated heterocycles. The Morgan fingerprint density at radius 1 is 1.14 bits per heavy atom. The summed E-state index contributed by atoms with van der Waals surface area (Å²) in [5.74, 6) is 1.02. The molecule has 1 N–H and O–H groups in total. The quantitative estimate of drug-likeness (QED) is 0.910. The summed E-state index contributed by atoms with van der Waals surface area (Å²) >= 11 is 0. The van der Waals surface area contributed by atoms with Gasteiger partial charge < -0.3 is 10.2 Å². The molecule has 0 amide bonds. The average Bonchev–Trinajstić information content (AvgIpc) is 2.55. The van der Waals surface area contributed by atoms with Crippen molar-refractivity contribution < 1.29 is 0 Å². The molecule has 1 fully saturated rings. The highest BCUT2D eigenvalue weighted by Gasteiger charge is 2.12. The van der Waals surface area contributed by atoms with Crippen molar-refractivity contribution in [1.29, 1.82) is 0 Å². The van der Waals surface area contributed by atoms with E-state index in [0.717, 1.165) is 24.2 Å². The number of aromatic nitrogens is 1. The molecule has 0 aliphatic carbocycles. The Bertz CT molecular complexity index is 615. The highest BCUT2D eigenvalue weighted by molar-refractivity contribution is 5.85. The fraction of sp³-hybridized carbons (Fsp3) is 0.500. The van der Waals surface area contributed by atoms with Gasteiger partial charge in [-0.25, -0.2) is 4.98 Å². The molecule has 1 aromatic carbocycles. The van der Waals surface area contributed by atoms with Crippen LogP contribution in [0, 0.1) is 0 Å². The third-order valence-corrected chi connectivity index (χ3v) is 4.35. The van der Waals surface area contributed by atoms with Crippen molar-refractivity contribution in [2.45, 2.75) is 39.0 Å². The molecule has 3 heteroatoms. The van der Waals surface area contributed by atoms with Gasteiger partial charge in [0.15, 0.2) is 0 Å². The molecule has 3 rings (SSSR count). The van der Waals surface area contributed by atoms with Gasteiger partial charge in [0, 0.05) is 31.2 Å². The lowest BCUT2D eigenvalue weighted by Gasteiger charge is -2.29. The summed E-state index contributed by atoms with van der Waals surface area (Å²) < 4.78 is 0. The molecule has 112 valence electrons. The zero-order chi connectivity index (χ0) is 14.7. The molecule has 2 aromatic rings. The van der Waals surface area contributed by atoms with E-state index in [4.69, 9.17) is 4.98 Å². The fourth-order valence-electron chi connectivity index (χ4n) is 3.23. The van der Waals surface area contributed by atoms with Gasteiger partial charge in [0.2, 0.25) is 0 Å². The Labute approximate surface area is 127 Å². The van der Waals surface area contributed by atoms with Crippen LogP contribution in [0.15, 0.2) is 24.3 Å². The van der Waals surface area contributed by atoms with Crippen LogP contribution in [0.4, 0.5) is 11.5 Å². The van der Waals surface area contributed by atoms with Crippen molar-refractivity contribution in [2.24, 2.45) is 0 Å². The normalized spacial score (nSPS) is 15.4. The van der Waals surface area contributed by atoms with Crippen molar-refractivity contribution in [1.82, 2.24) is 4.98 Å². The number of hydrogen-bond donors (Lipinski definition) is 1. The molecule has 0 spiro atoms. The first kappa shape index (κ1) is 14.2. The fourth-order valence-corrected chi connectivity index (χ4v) is 3.23. The highest BCUT2D eigenvalue weighted by Crippen LogP contribution is 2.27. The first-order valence-corrected chi connectivity index (χ1v) is 8.18. The molecule has 0 atom stereocenters. The first-order valence-electron chi connectivity index (χ1n) is 8.18. The van der Waals surface area contributed by atoms with Crippen LogP contribution in [0.25, 0.3) is 10.9 Å². The van der Waals surface area contributed by atoms with E-state index in [-0.39, 0.29) is 0 Å². The van der Waals surface area contributed by atoms with Crippen molar-refractivity contribution in [3.8, 4) is 0 Å². The Morgan fingerprint density at radius 3 is 2.67 bits per heavy atom. The van der Waals surface area contributed by atoms with E-state index in [1.165, 1.54) is 49.0 Å². The number of benzene rings is 1. The lowest BCUT2D eigenvalue weighted by atomic mass is 10.1. The summed E-state index contributed by atoms with van der Waals surface area (Å²) in [6.07, 6.45) is 6.23. The maximum Gasteiger partial charge on any atom is 0.129 e. The van der Waals surface area contributed by atoms with Gasteiger partial charge in [-0.3, -0.25) is 0 Å². The van der Waals surface area contributed by atoms with E-state index in [0.29, 0.717) is 0 Å². The van der Waals surface area contributed by atoms with Gasteiger partial charge in [0.25, 0.3) is 0 Å². The molecule has 0 saturated carbocycles. The van der Waals surface area contributed by atoms with Crippen LogP contribution in [-0.2, 0) is 6.42 Å². The van der Waals surface area contributed by atoms with Gasteiger partial charge >= 0.3 is 0 Å². The van der Waals surface area contributed by atoms with Gasteiger partial charge in [-0.15, -0.1) is 0 Å². The average molecular weight is 283 g/mol. The topological polar surface area (TPSA) is 28.2 Å². The minimum Gasteiger partial charge on any atom is -0.373 e. The second-order valence-corrected chi connectivity index (χ2v) is 5.92. The Morgan fingerprint density at radius 2 is 1.95 bits per heavy atom. The van der Waals surface area contributed by atoms with E-state index < -0.39 is 0 Å². The van der Waals surface area contributed by atoms with Crippen molar-refractivity contribution in [2.75, 3.05) is 30.4 Å². The number of rotatable bonds is 4. The van der Waals surface area contributed by atoms with Crippen LogP contribution in [0.5, 0.6) is 0 Å². The number of nitrogens with zero attached hydrogens (tertiary/aromatic N) is 2. The largest absolute Gasteiger partial charge is 0.373 e. The molecule has 1 aromatic heterocycles. The number of fused-ring (bicyclic) bond motifs is 1. The van der Waals surface area contributed by atoms with Crippen molar-refractivity contribution in [3.63, 3.8) is 0 Å². The van der Waals surface area contributed by atoms with Gasteiger partial charge in [0.1, 0.15) is 5.82 Å². The third-order valence-electron chi connectivity index (χ3n) is 4.35. The van der Waals surface area contributed by atoms with Crippen molar-refractivity contribution in [3.05, 3.63) is 29.8 Å². The van der Waals surface area contributed by atoms with E-state index in [2.05, 4.69) is 41.4 Å². The zero-order valence-electron chi connectivity index (χ0n) is 13.2. The van der Waals surface area contributed by atoms with Gasteiger partial charge in [-0.05, 0) is 55.5 Å². The number of pyridine rings is 1. The maximum absolute atomic E-state index is 4.77. The monoisotopic (exact) mass is 283 g/mol. The van der Waals surface area contributed by atoms with E-state index in [1.807, 2.05) is 7.05 Å². The third kappa shape index (κ3) is 2.97. The van der Waals surface area contributed by atoms with E-state index in [9.17, 15) is 0 Å². The lowest BCUT2D eigenvalue weighted by Crippen LogP contribution is -2.29. The van der Waals surface area contributed by atoms with Crippen LogP contribution >= 0.6 is 0 Å². The highest BCUT2D eigenvalue weighted by atomic mass is 15.1. The number of hydrogen-bond acceptors (Lipinski definition) is 3. The smallest absolute Gasteiger partial charge is 0.129 e. The number of aryl methyl sites for hydroxylation is 1. The maximum atomic E-state index is 4.77. The molecular weight excluding hydrogens is 258 g/mol. The molecule has 0 radical (unpaired) electrons. The Kier molecular flexibility index (Phi) is 4.28. The predicted octanol–water partition coefficient (Wildman–Crippen LogP) is 4.22. The van der Waals surface area contributed by atoms with Crippen LogP contribution in [0.2, 0.25) is 0 Å². The number of piperidine rings is 1. The van der Waals surface area contributed by atoms with Crippen molar-refractivity contribution >= 4 is 22.4 Å². The Balaban J connectivity index is 1.99. The van der Waals surface area contributed by atoms with Crippen LogP contribution < -0.4 is 10.2 Å². The van der Waals surface area contributed by atoms with Gasteiger partial charge in [-0.2, -0.15) is 0 Å². The minimum atomic E-state index is 1.02. The minimum absolute atomic E-state index is 1.02. The summed E-state index contributed by atoms with van der Waals surface area (Å²) in [6, 6.07) is 9.01. The molecule has 1 aliphatic rings. The predicted molar refractivity (Wildman–Crippen MR) is 91.3 cm³/mol. The zero-order valence-corrected chi connectivity index (χ0v) is 13.2.